The third-order valence-corrected chi connectivity index (χ3v) is 7.16. The van der Waals surface area contributed by atoms with Crippen LogP contribution in [0.2, 0.25) is 0 Å². The highest BCUT2D eigenvalue weighted by Gasteiger charge is 2.28. The second kappa shape index (κ2) is 10.4. The van der Waals surface area contributed by atoms with E-state index in [0.717, 1.165) is 47.3 Å². The number of rotatable bonds is 7. The molecule has 1 N–H and O–H groups in total. The Hall–Kier alpha value is -3.17. The lowest BCUT2D eigenvalue weighted by molar-refractivity contribution is 0.0599. The molecule has 1 aliphatic rings. The number of nitrogens with one attached hydrogen (secondary N) is 1. The number of benzene rings is 1. The first kappa shape index (κ1) is 24.0. The lowest BCUT2D eigenvalue weighted by Gasteiger charge is -2.34. The van der Waals surface area contributed by atoms with Crippen LogP contribution in [-0.4, -0.2) is 72.0 Å². The Balaban J connectivity index is 1.37. The first-order valence-electron chi connectivity index (χ1n) is 11.3. The summed E-state index contributed by atoms with van der Waals surface area (Å²) >= 11 is 1.63. The molecule has 3 heterocycles. The fourth-order valence-corrected chi connectivity index (χ4v) is 5.07. The number of nitrogens with zero attached hydrogens (tertiary/aromatic N) is 3. The summed E-state index contributed by atoms with van der Waals surface area (Å²) in [4.78, 5) is 37.5. The van der Waals surface area contributed by atoms with E-state index in [2.05, 4.69) is 15.3 Å². The summed E-state index contributed by atoms with van der Waals surface area (Å²) in [5.74, 6) is 0.346. The van der Waals surface area contributed by atoms with Crippen molar-refractivity contribution in [2.75, 3.05) is 40.4 Å². The number of hydrogen-bond donors (Lipinski definition) is 1. The molecule has 1 aliphatic heterocycles. The van der Waals surface area contributed by atoms with Crippen molar-refractivity contribution >= 4 is 23.2 Å². The van der Waals surface area contributed by atoms with Crippen molar-refractivity contribution in [1.82, 2.24) is 19.8 Å². The number of piperazine rings is 1. The molecule has 2 aromatic heterocycles. The Morgan fingerprint density at radius 3 is 2.44 bits per heavy atom. The second-order valence-electron chi connectivity index (χ2n) is 8.26. The molecule has 9 heteroatoms. The number of aryl methyl sites for hydroxylation is 1. The number of carbonyl (C=O) groups is 2. The molecular formula is C25H30N4O4S. The van der Waals surface area contributed by atoms with Gasteiger partial charge in [0.25, 0.3) is 5.91 Å². The molecule has 1 amide bonds. The van der Waals surface area contributed by atoms with Gasteiger partial charge in [-0.2, -0.15) is 0 Å². The first-order chi connectivity index (χ1) is 16.4. The highest BCUT2D eigenvalue weighted by atomic mass is 32.1. The number of carbonyl (C=O) groups excluding carboxylic acids is 2. The molecule has 4 rings (SSSR count). The molecule has 0 aliphatic carbocycles. The molecule has 3 aromatic rings. The Morgan fingerprint density at radius 1 is 1.12 bits per heavy atom. The van der Waals surface area contributed by atoms with E-state index in [4.69, 9.17) is 14.5 Å². The van der Waals surface area contributed by atoms with Gasteiger partial charge in [-0.15, -0.1) is 11.3 Å². The maximum atomic E-state index is 13.2. The van der Waals surface area contributed by atoms with Crippen LogP contribution in [0, 0.1) is 6.92 Å². The average molecular weight is 483 g/mol. The predicted molar refractivity (Wildman–Crippen MR) is 132 cm³/mol. The van der Waals surface area contributed by atoms with E-state index in [1.807, 2.05) is 36.1 Å². The highest BCUT2D eigenvalue weighted by molar-refractivity contribution is 7.13. The van der Waals surface area contributed by atoms with Gasteiger partial charge in [-0.05, 0) is 43.2 Å². The van der Waals surface area contributed by atoms with Crippen LogP contribution in [0.1, 0.15) is 44.7 Å². The summed E-state index contributed by atoms with van der Waals surface area (Å²) in [5, 5.41) is 3.09. The molecular weight excluding hydrogens is 452 g/mol. The van der Waals surface area contributed by atoms with Crippen molar-refractivity contribution in [3.05, 3.63) is 57.9 Å². The van der Waals surface area contributed by atoms with Gasteiger partial charge in [0, 0.05) is 49.4 Å². The molecule has 0 unspecified atom stereocenters. The van der Waals surface area contributed by atoms with Crippen molar-refractivity contribution in [1.29, 1.82) is 0 Å². The topological polar surface area (TPSA) is 87.8 Å². The van der Waals surface area contributed by atoms with Crippen molar-refractivity contribution < 1.29 is 19.1 Å². The first-order valence-corrected chi connectivity index (χ1v) is 12.2. The molecule has 0 atom stereocenters. The van der Waals surface area contributed by atoms with Crippen molar-refractivity contribution in [2.45, 2.75) is 26.8 Å². The van der Waals surface area contributed by atoms with Crippen LogP contribution < -0.4 is 4.74 Å². The molecule has 1 fully saturated rings. The molecule has 34 heavy (non-hydrogen) atoms. The highest BCUT2D eigenvalue weighted by Crippen LogP contribution is 2.27. The zero-order valence-electron chi connectivity index (χ0n) is 20.0. The standard InChI is InChI=1S/C25H30N4O4S/c1-5-20-21(25(31)33-4)16(2)22(27-20)24(30)29-12-10-28(11-13-29)14-18-15-34-23(26-18)17-6-8-19(32-3)9-7-17/h6-9,15,27H,5,10-14H2,1-4H3. The lowest BCUT2D eigenvalue weighted by atomic mass is 10.1. The molecule has 1 saturated heterocycles. The van der Waals surface area contributed by atoms with E-state index in [1.54, 1.807) is 25.4 Å². The summed E-state index contributed by atoms with van der Waals surface area (Å²) in [6, 6.07) is 7.92. The maximum absolute atomic E-state index is 13.2. The molecule has 1 aromatic carbocycles. The predicted octanol–water partition coefficient (Wildman–Crippen LogP) is 3.76. The minimum atomic E-state index is -0.410. The zero-order valence-corrected chi connectivity index (χ0v) is 20.8. The SMILES string of the molecule is CCc1[nH]c(C(=O)N2CCN(Cc3csc(-c4ccc(OC)cc4)n3)CC2)c(C)c1C(=O)OC. The number of esters is 1. The Labute approximate surface area is 203 Å². The van der Waals surface area contributed by atoms with Crippen LogP contribution in [0.15, 0.2) is 29.6 Å². The van der Waals surface area contributed by atoms with Gasteiger partial charge in [-0.25, -0.2) is 9.78 Å². The van der Waals surface area contributed by atoms with Crippen molar-refractivity contribution in [3.8, 4) is 16.3 Å². The number of aromatic amines is 1. The van der Waals surface area contributed by atoms with Crippen molar-refractivity contribution in [2.24, 2.45) is 0 Å². The largest absolute Gasteiger partial charge is 0.497 e. The summed E-state index contributed by atoms with van der Waals surface area (Å²) in [5.41, 5.74) is 4.46. The van der Waals surface area contributed by atoms with Crippen LogP contribution in [0.5, 0.6) is 5.75 Å². The third-order valence-electron chi connectivity index (χ3n) is 6.22. The molecule has 0 bridgehead atoms. The smallest absolute Gasteiger partial charge is 0.339 e. The normalized spacial score (nSPS) is 14.3. The van der Waals surface area contributed by atoms with Gasteiger partial charge in [0.2, 0.25) is 0 Å². The van der Waals surface area contributed by atoms with Crippen LogP contribution >= 0.6 is 11.3 Å². The minimum absolute atomic E-state index is 0.0718. The fraction of sp³-hybridized carbons (Fsp3) is 0.400. The number of hydrogen-bond acceptors (Lipinski definition) is 7. The quantitative estimate of drug-likeness (QED) is 0.516. The van der Waals surface area contributed by atoms with E-state index < -0.39 is 5.97 Å². The average Bonchev–Trinajstić information content (AvgIpc) is 3.47. The Bertz CT molecular complexity index is 1160. The summed E-state index contributed by atoms with van der Waals surface area (Å²) < 4.78 is 10.1. The third kappa shape index (κ3) is 4.85. The number of amides is 1. The second-order valence-corrected chi connectivity index (χ2v) is 9.12. The monoisotopic (exact) mass is 482 g/mol. The van der Waals surface area contributed by atoms with E-state index in [9.17, 15) is 9.59 Å². The number of ether oxygens (including phenoxy) is 2. The Morgan fingerprint density at radius 2 is 1.82 bits per heavy atom. The Kier molecular flexibility index (Phi) is 7.33. The van der Waals surface area contributed by atoms with Gasteiger partial charge in [0.05, 0.1) is 25.5 Å². The summed E-state index contributed by atoms with van der Waals surface area (Å²) in [6.45, 7) is 7.29. The van der Waals surface area contributed by atoms with Gasteiger partial charge in [-0.1, -0.05) is 6.92 Å². The molecule has 8 nitrogen and oxygen atoms in total. The summed E-state index contributed by atoms with van der Waals surface area (Å²) in [6.07, 6.45) is 0.623. The van der Waals surface area contributed by atoms with E-state index >= 15 is 0 Å². The fourth-order valence-electron chi connectivity index (χ4n) is 4.26. The van der Waals surface area contributed by atoms with E-state index in [-0.39, 0.29) is 5.91 Å². The van der Waals surface area contributed by atoms with Gasteiger partial charge < -0.3 is 19.4 Å². The summed E-state index contributed by atoms with van der Waals surface area (Å²) in [7, 11) is 3.02. The van der Waals surface area contributed by atoms with Crippen LogP contribution in [0.4, 0.5) is 0 Å². The van der Waals surface area contributed by atoms with Gasteiger partial charge in [0.1, 0.15) is 16.5 Å². The zero-order chi connectivity index (χ0) is 24.2. The van der Waals surface area contributed by atoms with Crippen LogP contribution in [-0.2, 0) is 17.7 Å². The molecule has 0 spiro atoms. The number of H-pyrrole nitrogens is 1. The van der Waals surface area contributed by atoms with Crippen LogP contribution in [0.25, 0.3) is 10.6 Å². The molecule has 0 radical (unpaired) electrons. The lowest BCUT2D eigenvalue weighted by Crippen LogP contribution is -2.48. The van der Waals surface area contributed by atoms with Gasteiger partial charge in [-0.3, -0.25) is 9.69 Å². The van der Waals surface area contributed by atoms with Crippen molar-refractivity contribution in [3.63, 3.8) is 0 Å². The van der Waals surface area contributed by atoms with Gasteiger partial charge >= 0.3 is 5.97 Å². The number of aromatic nitrogens is 2. The molecule has 0 saturated carbocycles. The van der Waals surface area contributed by atoms with E-state index in [0.29, 0.717) is 36.3 Å². The number of thiazole rings is 1. The molecule has 180 valence electrons. The van der Waals surface area contributed by atoms with E-state index in [1.165, 1.54) is 7.11 Å². The minimum Gasteiger partial charge on any atom is -0.497 e. The maximum Gasteiger partial charge on any atom is 0.339 e. The van der Waals surface area contributed by atoms with Crippen LogP contribution in [0.3, 0.4) is 0 Å². The van der Waals surface area contributed by atoms with Gasteiger partial charge in [0.15, 0.2) is 0 Å². The number of methoxy groups -OCH3 is 2.